The maximum atomic E-state index is 12.2. The summed E-state index contributed by atoms with van der Waals surface area (Å²) in [6.45, 7) is 0. The summed E-state index contributed by atoms with van der Waals surface area (Å²) in [5, 5.41) is 12.9. The Morgan fingerprint density at radius 3 is 2.64 bits per heavy atom. The molecule has 108 valence electrons. The molecule has 1 aromatic heterocycles. The summed E-state index contributed by atoms with van der Waals surface area (Å²) >= 11 is 13.3. The summed E-state index contributed by atoms with van der Waals surface area (Å²) in [4.78, 5) is 16.5. The van der Waals surface area contributed by atoms with E-state index in [-0.39, 0.29) is 5.91 Å². The van der Waals surface area contributed by atoms with Crippen LogP contribution in [-0.2, 0) is 0 Å². The van der Waals surface area contributed by atoms with E-state index in [1.54, 1.807) is 36.4 Å². The van der Waals surface area contributed by atoms with E-state index in [4.69, 9.17) is 28.5 Å². The van der Waals surface area contributed by atoms with Gasteiger partial charge in [0.25, 0.3) is 5.91 Å². The molecule has 0 spiro atoms. The first kappa shape index (κ1) is 14.8. The van der Waals surface area contributed by atoms with Crippen LogP contribution in [0.15, 0.2) is 36.4 Å². The van der Waals surface area contributed by atoms with E-state index in [2.05, 4.69) is 10.3 Å². The highest BCUT2D eigenvalue weighted by molar-refractivity contribution is 7.22. The van der Waals surface area contributed by atoms with Gasteiger partial charge in [-0.2, -0.15) is 5.26 Å². The lowest BCUT2D eigenvalue weighted by Gasteiger charge is -2.01. The highest BCUT2D eigenvalue weighted by Crippen LogP contribution is 2.33. The Kier molecular flexibility index (Phi) is 3.99. The van der Waals surface area contributed by atoms with Gasteiger partial charge in [0.15, 0.2) is 5.13 Å². The van der Waals surface area contributed by atoms with Crippen molar-refractivity contribution in [3.05, 3.63) is 57.6 Å². The number of hydrogen-bond acceptors (Lipinski definition) is 4. The molecule has 1 N–H and O–H groups in total. The molecule has 0 atom stereocenters. The number of benzene rings is 2. The lowest BCUT2D eigenvalue weighted by atomic mass is 10.1. The molecule has 0 radical (unpaired) electrons. The van der Waals surface area contributed by atoms with E-state index in [0.717, 1.165) is 4.70 Å². The molecule has 1 amide bonds. The molecule has 7 heteroatoms. The maximum Gasteiger partial charge on any atom is 0.257 e. The molecular weight excluding hydrogens is 341 g/mol. The third-order valence-electron chi connectivity index (χ3n) is 2.91. The fourth-order valence-electron chi connectivity index (χ4n) is 1.88. The minimum atomic E-state index is -0.300. The van der Waals surface area contributed by atoms with Gasteiger partial charge in [-0.3, -0.25) is 10.1 Å². The first-order valence-electron chi connectivity index (χ1n) is 6.14. The van der Waals surface area contributed by atoms with Crippen LogP contribution in [0, 0.1) is 11.3 Å². The number of anilines is 1. The first-order chi connectivity index (χ1) is 10.6. The Hall–Kier alpha value is -2.13. The van der Waals surface area contributed by atoms with Gasteiger partial charge in [0.1, 0.15) is 5.52 Å². The minimum Gasteiger partial charge on any atom is -0.298 e. The average molecular weight is 348 g/mol. The van der Waals surface area contributed by atoms with E-state index < -0.39 is 0 Å². The number of thiazole rings is 1. The summed E-state index contributed by atoms with van der Waals surface area (Å²) in [7, 11) is 0. The van der Waals surface area contributed by atoms with Crippen molar-refractivity contribution in [3.8, 4) is 6.07 Å². The monoisotopic (exact) mass is 347 g/mol. The molecule has 1 heterocycles. The number of hydrogen-bond donors (Lipinski definition) is 1. The standard InChI is InChI=1S/C15H7Cl2N3OS/c16-10-5-11(17)13-12(6-10)22-15(19-13)20-14(21)9-3-1-8(7-18)2-4-9/h1-6H,(H,19,20,21). The van der Waals surface area contributed by atoms with Crippen molar-refractivity contribution in [3.63, 3.8) is 0 Å². The van der Waals surface area contributed by atoms with Gasteiger partial charge in [0, 0.05) is 10.6 Å². The average Bonchev–Trinajstić information content (AvgIpc) is 2.90. The van der Waals surface area contributed by atoms with E-state index in [0.29, 0.717) is 31.8 Å². The van der Waals surface area contributed by atoms with E-state index >= 15 is 0 Å². The predicted molar refractivity (Wildman–Crippen MR) is 88.8 cm³/mol. The van der Waals surface area contributed by atoms with Crippen LogP contribution in [0.2, 0.25) is 10.0 Å². The van der Waals surface area contributed by atoms with Crippen LogP contribution in [0.25, 0.3) is 10.2 Å². The van der Waals surface area contributed by atoms with Crippen LogP contribution < -0.4 is 5.32 Å². The molecular formula is C15H7Cl2N3OS. The van der Waals surface area contributed by atoms with Crippen molar-refractivity contribution >= 4 is 55.8 Å². The van der Waals surface area contributed by atoms with Crippen molar-refractivity contribution in [2.45, 2.75) is 0 Å². The van der Waals surface area contributed by atoms with Gasteiger partial charge in [-0.05, 0) is 36.4 Å². The highest BCUT2D eigenvalue weighted by atomic mass is 35.5. The second-order valence-electron chi connectivity index (χ2n) is 4.40. The topological polar surface area (TPSA) is 65.8 Å². The number of fused-ring (bicyclic) bond motifs is 1. The Labute approximate surface area is 139 Å². The molecule has 22 heavy (non-hydrogen) atoms. The lowest BCUT2D eigenvalue weighted by molar-refractivity contribution is 0.102. The molecule has 3 aromatic rings. The van der Waals surface area contributed by atoms with Gasteiger partial charge in [0.2, 0.25) is 0 Å². The molecule has 0 aliphatic carbocycles. The van der Waals surface area contributed by atoms with Gasteiger partial charge >= 0.3 is 0 Å². The molecule has 4 nitrogen and oxygen atoms in total. The van der Waals surface area contributed by atoms with Crippen LogP contribution >= 0.6 is 34.5 Å². The third kappa shape index (κ3) is 2.90. The number of rotatable bonds is 2. The Morgan fingerprint density at radius 1 is 1.23 bits per heavy atom. The van der Waals surface area contributed by atoms with Gasteiger partial charge in [-0.15, -0.1) is 0 Å². The molecule has 0 unspecified atom stereocenters. The molecule has 0 fully saturated rings. The largest absolute Gasteiger partial charge is 0.298 e. The van der Waals surface area contributed by atoms with Gasteiger partial charge in [-0.1, -0.05) is 34.5 Å². The Balaban J connectivity index is 1.87. The van der Waals surface area contributed by atoms with E-state index in [1.165, 1.54) is 11.3 Å². The van der Waals surface area contributed by atoms with Crippen molar-refractivity contribution in [2.24, 2.45) is 0 Å². The zero-order valence-electron chi connectivity index (χ0n) is 10.9. The fraction of sp³-hybridized carbons (Fsp3) is 0. The molecule has 0 saturated heterocycles. The molecule has 0 aliphatic rings. The molecule has 3 rings (SSSR count). The number of nitriles is 1. The van der Waals surface area contributed by atoms with Crippen LogP contribution in [0.5, 0.6) is 0 Å². The minimum absolute atomic E-state index is 0.300. The van der Waals surface area contributed by atoms with Crippen LogP contribution in [0.4, 0.5) is 5.13 Å². The molecule has 0 aliphatic heterocycles. The quantitative estimate of drug-likeness (QED) is 0.728. The number of carbonyl (C=O) groups is 1. The lowest BCUT2D eigenvalue weighted by Crippen LogP contribution is -2.11. The normalized spacial score (nSPS) is 10.4. The molecule has 0 bridgehead atoms. The second kappa shape index (κ2) is 5.93. The predicted octanol–water partition coefficient (Wildman–Crippen LogP) is 4.73. The van der Waals surface area contributed by atoms with Crippen LogP contribution in [0.3, 0.4) is 0 Å². The summed E-state index contributed by atoms with van der Waals surface area (Å²) in [6.07, 6.45) is 0. The van der Waals surface area contributed by atoms with Crippen molar-refractivity contribution in [2.75, 3.05) is 5.32 Å². The smallest absolute Gasteiger partial charge is 0.257 e. The summed E-state index contributed by atoms with van der Waals surface area (Å²) in [5.74, 6) is -0.300. The highest BCUT2D eigenvalue weighted by Gasteiger charge is 2.12. The van der Waals surface area contributed by atoms with Crippen molar-refractivity contribution in [1.82, 2.24) is 4.98 Å². The Bertz CT molecular complexity index is 913. The van der Waals surface area contributed by atoms with E-state index in [1.807, 2.05) is 6.07 Å². The molecule has 0 saturated carbocycles. The fourth-order valence-corrected chi connectivity index (χ4v) is 3.46. The van der Waals surface area contributed by atoms with Crippen LogP contribution in [0.1, 0.15) is 15.9 Å². The number of amides is 1. The number of nitrogens with zero attached hydrogens (tertiary/aromatic N) is 2. The summed E-state index contributed by atoms with van der Waals surface area (Å²) in [5.41, 5.74) is 1.55. The summed E-state index contributed by atoms with van der Waals surface area (Å²) in [6, 6.07) is 11.7. The van der Waals surface area contributed by atoms with Crippen LogP contribution in [-0.4, -0.2) is 10.9 Å². The SMILES string of the molecule is N#Cc1ccc(C(=O)Nc2nc3c(Cl)cc(Cl)cc3s2)cc1. The number of carbonyl (C=O) groups excluding carboxylic acids is 1. The number of aromatic nitrogens is 1. The summed E-state index contributed by atoms with van der Waals surface area (Å²) < 4.78 is 0.799. The van der Waals surface area contributed by atoms with Gasteiger partial charge in [-0.25, -0.2) is 4.98 Å². The van der Waals surface area contributed by atoms with E-state index in [9.17, 15) is 4.79 Å². The maximum absolute atomic E-state index is 12.2. The zero-order valence-corrected chi connectivity index (χ0v) is 13.3. The third-order valence-corrected chi connectivity index (χ3v) is 4.33. The number of halogens is 2. The molecule has 2 aromatic carbocycles. The van der Waals surface area contributed by atoms with Gasteiger partial charge < -0.3 is 0 Å². The first-order valence-corrected chi connectivity index (χ1v) is 7.71. The Morgan fingerprint density at radius 2 is 1.95 bits per heavy atom. The van der Waals surface area contributed by atoms with Crippen molar-refractivity contribution < 1.29 is 4.79 Å². The van der Waals surface area contributed by atoms with Gasteiger partial charge in [0.05, 0.1) is 21.4 Å². The van der Waals surface area contributed by atoms with Crippen molar-refractivity contribution in [1.29, 1.82) is 5.26 Å². The zero-order chi connectivity index (χ0) is 15.7. The second-order valence-corrected chi connectivity index (χ2v) is 6.27. The number of nitrogens with one attached hydrogen (secondary N) is 1.